The number of aryl methyl sites for hydroxylation is 1. The Bertz CT molecular complexity index is 512. The Kier molecular flexibility index (Phi) is 6.62. The van der Waals surface area contributed by atoms with Crippen LogP contribution in [0.15, 0.2) is 18.2 Å². The first-order valence-corrected chi connectivity index (χ1v) is 7.67. The lowest BCUT2D eigenvalue weighted by atomic mass is 10.1. The van der Waals surface area contributed by atoms with Gasteiger partial charge in [-0.3, -0.25) is 4.79 Å². The maximum atomic E-state index is 12.1. The first-order chi connectivity index (χ1) is 9.90. The lowest BCUT2D eigenvalue weighted by Gasteiger charge is -2.25. The lowest BCUT2D eigenvalue weighted by Crippen LogP contribution is -2.42. The molecule has 5 heteroatoms. The average molecular weight is 307 g/mol. The zero-order valence-corrected chi connectivity index (χ0v) is 14.4. The highest BCUT2D eigenvalue weighted by Crippen LogP contribution is 2.18. The second kappa shape index (κ2) is 7.98. The van der Waals surface area contributed by atoms with E-state index in [0.29, 0.717) is 11.7 Å². The minimum atomic E-state index is 0.0904. The van der Waals surface area contributed by atoms with Crippen LogP contribution in [0.5, 0.6) is 0 Å². The number of thiocarbonyl (C=S) groups is 1. The minimum absolute atomic E-state index is 0.0904. The first kappa shape index (κ1) is 17.4. The van der Waals surface area contributed by atoms with Crippen LogP contribution in [0.4, 0.5) is 5.69 Å². The molecular weight excluding hydrogens is 282 g/mol. The number of carbonyl (C=O) groups is 1. The quantitative estimate of drug-likeness (QED) is 0.849. The molecular formula is C16H25N3OS. The largest absolute Gasteiger partial charge is 0.343 e. The van der Waals surface area contributed by atoms with Crippen molar-refractivity contribution in [2.75, 3.05) is 32.0 Å². The summed E-state index contributed by atoms with van der Waals surface area (Å²) in [7, 11) is 1.84. The molecule has 0 aliphatic rings. The molecule has 0 spiro atoms. The Morgan fingerprint density at radius 3 is 2.43 bits per heavy atom. The van der Waals surface area contributed by atoms with Crippen LogP contribution in [-0.4, -0.2) is 47.5 Å². The summed E-state index contributed by atoms with van der Waals surface area (Å²) in [4.78, 5) is 15.7. The van der Waals surface area contributed by atoms with Crippen LogP contribution in [0, 0.1) is 13.8 Å². The number of benzene rings is 1. The molecule has 1 amide bonds. The molecule has 4 nitrogen and oxygen atoms in total. The van der Waals surface area contributed by atoms with Gasteiger partial charge < -0.3 is 15.1 Å². The molecule has 0 fully saturated rings. The predicted molar refractivity (Wildman–Crippen MR) is 92.7 cm³/mol. The van der Waals surface area contributed by atoms with E-state index in [-0.39, 0.29) is 5.91 Å². The maximum absolute atomic E-state index is 12.1. The third kappa shape index (κ3) is 4.70. The van der Waals surface area contributed by atoms with E-state index in [0.717, 1.165) is 18.8 Å². The Hall–Kier alpha value is -1.62. The average Bonchev–Trinajstić information content (AvgIpc) is 2.45. The monoisotopic (exact) mass is 307 g/mol. The number of likely N-dealkylation sites (N-methyl/N-ethyl adjacent to an activating group) is 2. The van der Waals surface area contributed by atoms with Gasteiger partial charge in [0.05, 0.1) is 6.54 Å². The highest BCUT2D eigenvalue weighted by Gasteiger charge is 2.14. The number of anilines is 1. The number of hydrogen-bond acceptors (Lipinski definition) is 2. The van der Waals surface area contributed by atoms with Crippen LogP contribution in [0.2, 0.25) is 0 Å². The molecule has 0 unspecified atom stereocenters. The fourth-order valence-corrected chi connectivity index (χ4v) is 2.22. The molecule has 0 heterocycles. The standard InChI is InChI=1S/C16H25N3OS/c1-6-19(7-2)15(20)11-18(5)16(21)17-14-10-8-9-12(3)13(14)4/h8-10H,6-7,11H2,1-5H3,(H,17,21). The van der Waals surface area contributed by atoms with Gasteiger partial charge in [-0.05, 0) is 57.1 Å². The highest BCUT2D eigenvalue weighted by atomic mass is 32.1. The zero-order chi connectivity index (χ0) is 16.0. The molecule has 0 aliphatic carbocycles. The van der Waals surface area contributed by atoms with Crippen LogP contribution >= 0.6 is 12.2 Å². The molecule has 1 aromatic carbocycles. The van der Waals surface area contributed by atoms with Crippen molar-refractivity contribution in [2.24, 2.45) is 0 Å². The number of nitrogens with one attached hydrogen (secondary N) is 1. The summed E-state index contributed by atoms with van der Waals surface area (Å²) >= 11 is 5.38. The Balaban J connectivity index is 2.67. The van der Waals surface area contributed by atoms with E-state index >= 15 is 0 Å². The van der Waals surface area contributed by atoms with Crippen molar-refractivity contribution in [3.05, 3.63) is 29.3 Å². The van der Waals surface area contributed by atoms with Crippen molar-refractivity contribution in [3.8, 4) is 0 Å². The normalized spacial score (nSPS) is 10.1. The van der Waals surface area contributed by atoms with Crippen molar-refractivity contribution >= 4 is 28.9 Å². The van der Waals surface area contributed by atoms with Gasteiger partial charge in [-0.1, -0.05) is 12.1 Å². The molecule has 116 valence electrons. The fourth-order valence-electron chi connectivity index (χ4n) is 2.05. The topological polar surface area (TPSA) is 35.6 Å². The van der Waals surface area contributed by atoms with Crippen LogP contribution in [0.1, 0.15) is 25.0 Å². The number of rotatable bonds is 5. The van der Waals surface area contributed by atoms with Gasteiger partial charge in [0.2, 0.25) is 5.91 Å². The van der Waals surface area contributed by atoms with E-state index in [1.807, 2.05) is 33.0 Å². The first-order valence-electron chi connectivity index (χ1n) is 7.26. The second-order valence-corrected chi connectivity index (χ2v) is 5.49. The van der Waals surface area contributed by atoms with Crippen LogP contribution in [0.25, 0.3) is 0 Å². The van der Waals surface area contributed by atoms with Crippen molar-refractivity contribution in [1.29, 1.82) is 0 Å². The van der Waals surface area contributed by atoms with Crippen molar-refractivity contribution in [2.45, 2.75) is 27.7 Å². The summed E-state index contributed by atoms with van der Waals surface area (Å²) in [5, 5.41) is 3.78. The van der Waals surface area contributed by atoms with Gasteiger partial charge in [0, 0.05) is 25.8 Å². The van der Waals surface area contributed by atoms with E-state index in [1.54, 1.807) is 9.80 Å². The minimum Gasteiger partial charge on any atom is -0.343 e. The molecule has 0 atom stereocenters. The van der Waals surface area contributed by atoms with E-state index in [2.05, 4.69) is 25.2 Å². The van der Waals surface area contributed by atoms with Crippen molar-refractivity contribution in [1.82, 2.24) is 9.80 Å². The number of amides is 1. The van der Waals surface area contributed by atoms with E-state index in [4.69, 9.17) is 12.2 Å². The van der Waals surface area contributed by atoms with E-state index < -0.39 is 0 Å². The third-order valence-electron chi connectivity index (χ3n) is 3.68. The molecule has 0 aliphatic heterocycles. The molecule has 0 bridgehead atoms. The van der Waals surface area contributed by atoms with E-state index in [1.165, 1.54) is 11.1 Å². The summed E-state index contributed by atoms with van der Waals surface area (Å²) in [5.74, 6) is 0.0904. The molecule has 0 radical (unpaired) electrons. The third-order valence-corrected chi connectivity index (χ3v) is 4.10. The predicted octanol–water partition coefficient (Wildman–Crippen LogP) is 2.80. The molecule has 0 saturated heterocycles. The maximum Gasteiger partial charge on any atom is 0.242 e. The van der Waals surface area contributed by atoms with Crippen molar-refractivity contribution in [3.63, 3.8) is 0 Å². The number of carbonyl (C=O) groups excluding carboxylic acids is 1. The van der Waals surface area contributed by atoms with Gasteiger partial charge in [0.15, 0.2) is 5.11 Å². The molecule has 1 rings (SSSR count). The summed E-state index contributed by atoms with van der Waals surface area (Å²) in [6.45, 7) is 9.82. The highest BCUT2D eigenvalue weighted by molar-refractivity contribution is 7.80. The molecule has 1 aromatic rings. The van der Waals surface area contributed by atoms with Gasteiger partial charge in [-0.15, -0.1) is 0 Å². The summed E-state index contributed by atoms with van der Waals surface area (Å²) < 4.78 is 0. The second-order valence-electron chi connectivity index (χ2n) is 5.10. The Labute approximate surface area is 133 Å². The Morgan fingerprint density at radius 2 is 1.86 bits per heavy atom. The van der Waals surface area contributed by atoms with Gasteiger partial charge in [0.1, 0.15) is 0 Å². The van der Waals surface area contributed by atoms with Crippen molar-refractivity contribution < 1.29 is 4.79 Å². The zero-order valence-electron chi connectivity index (χ0n) is 13.6. The van der Waals surface area contributed by atoms with Gasteiger partial charge >= 0.3 is 0 Å². The summed E-state index contributed by atoms with van der Waals surface area (Å²) in [6, 6.07) is 6.06. The fraction of sp³-hybridized carbons (Fsp3) is 0.500. The van der Waals surface area contributed by atoms with E-state index in [9.17, 15) is 4.79 Å². The molecule has 0 saturated carbocycles. The van der Waals surface area contributed by atoms with Gasteiger partial charge in [-0.2, -0.15) is 0 Å². The van der Waals surface area contributed by atoms with Crippen LogP contribution < -0.4 is 5.32 Å². The molecule has 21 heavy (non-hydrogen) atoms. The molecule has 0 aromatic heterocycles. The van der Waals surface area contributed by atoms with Crippen LogP contribution in [0.3, 0.4) is 0 Å². The number of hydrogen-bond donors (Lipinski definition) is 1. The smallest absolute Gasteiger partial charge is 0.242 e. The Morgan fingerprint density at radius 1 is 1.24 bits per heavy atom. The van der Waals surface area contributed by atoms with Crippen LogP contribution in [-0.2, 0) is 4.79 Å². The SMILES string of the molecule is CCN(CC)C(=O)CN(C)C(=S)Nc1cccc(C)c1C. The van der Waals surface area contributed by atoms with Gasteiger partial charge in [-0.25, -0.2) is 0 Å². The summed E-state index contributed by atoms with van der Waals surface area (Å²) in [6.07, 6.45) is 0. The lowest BCUT2D eigenvalue weighted by molar-refractivity contribution is -0.130. The van der Waals surface area contributed by atoms with Gasteiger partial charge in [0.25, 0.3) is 0 Å². The number of nitrogens with zero attached hydrogens (tertiary/aromatic N) is 2. The summed E-state index contributed by atoms with van der Waals surface area (Å²) in [5.41, 5.74) is 3.37. The molecule has 1 N–H and O–H groups in total.